The molecule has 0 bridgehead atoms. The molecule has 1 heterocycles. The molecule has 0 aliphatic carbocycles. The molecule has 184 valence electrons. The Bertz CT molecular complexity index is 1280. The second-order valence-electron chi connectivity index (χ2n) is 8.00. The lowest BCUT2D eigenvalue weighted by atomic mass is 10.1. The molecule has 1 saturated heterocycles. The van der Waals surface area contributed by atoms with Gasteiger partial charge in [-0.25, -0.2) is 22.0 Å². The summed E-state index contributed by atoms with van der Waals surface area (Å²) in [5, 5.41) is 3.35. The average Bonchev–Trinajstić information content (AvgIpc) is 2.82. The van der Waals surface area contributed by atoms with Gasteiger partial charge in [-0.3, -0.25) is 4.79 Å². The fourth-order valence-electron chi connectivity index (χ4n) is 3.89. The number of hydrogen-bond donors (Lipinski definition) is 1. The highest BCUT2D eigenvalue weighted by Crippen LogP contribution is 2.34. The van der Waals surface area contributed by atoms with Gasteiger partial charge in [-0.1, -0.05) is 29.3 Å². The first-order chi connectivity index (χ1) is 16.6. The first-order valence-electron chi connectivity index (χ1n) is 10.5. The van der Waals surface area contributed by atoms with Crippen LogP contribution in [-0.4, -0.2) is 32.1 Å². The Balaban J connectivity index is 1.46. The summed E-state index contributed by atoms with van der Waals surface area (Å²) in [4.78, 5) is 15.5. The quantitative estimate of drug-likeness (QED) is 0.235. The van der Waals surface area contributed by atoms with Gasteiger partial charge in [0.1, 0.15) is 5.69 Å². The van der Waals surface area contributed by atoms with Crippen LogP contribution < -0.4 is 15.1 Å². The van der Waals surface area contributed by atoms with E-state index in [0.717, 1.165) is 10.5 Å². The van der Waals surface area contributed by atoms with Gasteiger partial charge in [0.15, 0.2) is 23.3 Å². The molecule has 0 saturated carbocycles. The van der Waals surface area contributed by atoms with Crippen LogP contribution in [0.3, 0.4) is 0 Å². The SMILES string of the molecule is Cc1ccc(C(=O)Nc2ccc(N3CCN(c4c(F)c(F)c(F)c(F)c4F)CC3)c(Cl)c2)c(Cl)c1. The number of anilines is 3. The number of benzene rings is 3. The molecule has 1 N–H and O–H groups in total. The Morgan fingerprint density at radius 2 is 1.34 bits per heavy atom. The molecule has 0 aromatic heterocycles. The van der Waals surface area contributed by atoms with E-state index in [2.05, 4.69) is 5.32 Å². The average molecular weight is 530 g/mol. The highest BCUT2D eigenvalue weighted by Gasteiger charge is 2.31. The molecule has 35 heavy (non-hydrogen) atoms. The van der Waals surface area contributed by atoms with Crippen LogP contribution in [0.1, 0.15) is 15.9 Å². The van der Waals surface area contributed by atoms with E-state index < -0.39 is 40.7 Å². The van der Waals surface area contributed by atoms with Crippen molar-refractivity contribution in [2.24, 2.45) is 0 Å². The normalized spacial score (nSPS) is 13.8. The van der Waals surface area contributed by atoms with Crippen LogP contribution in [0.4, 0.5) is 39.0 Å². The minimum atomic E-state index is -2.19. The number of halogens is 7. The van der Waals surface area contributed by atoms with Crippen molar-refractivity contribution in [1.29, 1.82) is 0 Å². The van der Waals surface area contributed by atoms with Crippen LogP contribution in [-0.2, 0) is 0 Å². The number of hydrogen-bond acceptors (Lipinski definition) is 3. The molecule has 0 spiro atoms. The van der Waals surface area contributed by atoms with E-state index in [9.17, 15) is 26.7 Å². The van der Waals surface area contributed by atoms with Crippen LogP contribution >= 0.6 is 23.2 Å². The van der Waals surface area contributed by atoms with Gasteiger partial charge >= 0.3 is 0 Å². The van der Waals surface area contributed by atoms with Crippen molar-refractivity contribution in [3.8, 4) is 0 Å². The molecule has 1 amide bonds. The molecular formula is C24H18Cl2F5N3O. The van der Waals surface area contributed by atoms with Crippen molar-refractivity contribution >= 4 is 46.2 Å². The van der Waals surface area contributed by atoms with Crippen LogP contribution in [0.2, 0.25) is 10.0 Å². The summed E-state index contributed by atoms with van der Waals surface area (Å²) in [6.07, 6.45) is 0. The number of amides is 1. The Morgan fingerprint density at radius 1 is 0.771 bits per heavy atom. The number of carbonyl (C=O) groups is 1. The van der Waals surface area contributed by atoms with Crippen molar-refractivity contribution in [3.63, 3.8) is 0 Å². The van der Waals surface area contributed by atoms with Gasteiger partial charge in [-0.05, 0) is 42.8 Å². The van der Waals surface area contributed by atoms with Crippen LogP contribution in [0.15, 0.2) is 36.4 Å². The molecule has 1 fully saturated rings. The Hall–Kier alpha value is -3.04. The summed E-state index contributed by atoms with van der Waals surface area (Å²) in [6.45, 7) is 2.28. The molecule has 1 aliphatic rings. The van der Waals surface area contributed by atoms with E-state index in [1.165, 1.54) is 0 Å². The maximum atomic E-state index is 14.1. The van der Waals surface area contributed by atoms with Crippen molar-refractivity contribution in [3.05, 3.63) is 86.7 Å². The lowest BCUT2D eigenvalue weighted by molar-refractivity contribution is 0.102. The third-order valence-corrected chi connectivity index (χ3v) is 6.31. The molecule has 1 aliphatic heterocycles. The Labute approximate surface area is 207 Å². The van der Waals surface area contributed by atoms with Crippen molar-refractivity contribution in [1.82, 2.24) is 0 Å². The van der Waals surface area contributed by atoms with E-state index in [1.807, 2.05) is 11.8 Å². The van der Waals surface area contributed by atoms with Gasteiger partial charge < -0.3 is 15.1 Å². The van der Waals surface area contributed by atoms with Crippen LogP contribution in [0.25, 0.3) is 0 Å². The molecule has 3 aromatic rings. The van der Waals surface area contributed by atoms with Gasteiger partial charge in [-0.2, -0.15) is 0 Å². The highest BCUT2D eigenvalue weighted by molar-refractivity contribution is 6.35. The third-order valence-electron chi connectivity index (χ3n) is 5.70. The molecule has 0 unspecified atom stereocenters. The maximum absolute atomic E-state index is 14.1. The number of aryl methyl sites for hydroxylation is 1. The standard InChI is InChI=1S/C24H18Cl2F5N3O/c1-12-2-4-14(15(25)10-12)24(35)32-13-3-5-17(16(26)11-13)33-6-8-34(9-7-33)23-21(30)19(28)18(27)20(29)22(23)31/h2-5,10-11H,6-9H2,1H3,(H,32,35). The maximum Gasteiger partial charge on any atom is 0.257 e. The minimum Gasteiger partial charge on any atom is -0.367 e. The lowest BCUT2D eigenvalue weighted by Gasteiger charge is -2.38. The van der Waals surface area contributed by atoms with Crippen molar-refractivity contribution in [2.75, 3.05) is 41.3 Å². The third kappa shape index (κ3) is 4.88. The van der Waals surface area contributed by atoms with Crippen LogP contribution in [0, 0.1) is 36.0 Å². The number of nitrogens with one attached hydrogen (secondary N) is 1. The van der Waals surface area contributed by atoms with Crippen molar-refractivity contribution < 1.29 is 26.7 Å². The first kappa shape index (κ1) is 25.1. The molecule has 4 rings (SSSR count). The number of rotatable bonds is 4. The lowest BCUT2D eigenvalue weighted by Crippen LogP contribution is -2.47. The molecule has 4 nitrogen and oxygen atoms in total. The van der Waals surface area contributed by atoms with Crippen molar-refractivity contribution in [2.45, 2.75) is 6.92 Å². The molecule has 0 atom stereocenters. The summed E-state index contributed by atoms with van der Waals surface area (Å²) in [5.74, 6) is -10.3. The first-order valence-corrected chi connectivity index (χ1v) is 11.2. The second kappa shape index (κ2) is 9.91. The van der Waals surface area contributed by atoms with E-state index in [1.54, 1.807) is 36.4 Å². The predicted octanol–water partition coefficient (Wildman–Crippen LogP) is 6.58. The summed E-state index contributed by atoms with van der Waals surface area (Å²) in [5.41, 5.74) is 1.30. The summed E-state index contributed by atoms with van der Waals surface area (Å²) >= 11 is 12.6. The molecular weight excluding hydrogens is 512 g/mol. The van der Waals surface area contributed by atoms with Crippen LogP contribution in [0.5, 0.6) is 0 Å². The fraction of sp³-hybridized carbons (Fsp3) is 0.208. The number of carbonyl (C=O) groups excluding carboxylic acids is 1. The fourth-order valence-corrected chi connectivity index (χ4v) is 4.51. The summed E-state index contributed by atoms with van der Waals surface area (Å²) < 4.78 is 68.8. The monoisotopic (exact) mass is 529 g/mol. The van der Waals surface area contributed by atoms with Gasteiger partial charge in [0.05, 0.1) is 21.3 Å². The molecule has 11 heteroatoms. The zero-order valence-electron chi connectivity index (χ0n) is 18.2. The largest absolute Gasteiger partial charge is 0.367 e. The van der Waals surface area contributed by atoms with E-state index >= 15 is 0 Å². The number of nitrogens with zero attached hydrogens (tertiary/aromatic N) is 2. The van der Waals surface area contributed by atoms with Gasteiger partial charge in [0, 0.05) is 31.9 Å². The van der Waals surface area contributed by atoms with Gasteiger partial charge in [0.2, 0.25) is 5.82 Å². The molecule has 0 radical (unpaired) electrons. The summed E-state index contributed by atoms with van der Waals surface area (Å²) in [6, 6.07) is 9.92. The van der Waals surface area contributed by atoms with Gasteiger partial charge in [-0.15, -0.1) is 0 Å². The van der Waals surface area contributed by atoms with E-state index in [-0.39, 0.29) is 26.2 Å². The smallest absolute Gasteiger partial charge is 0.257 e. The van der Waals surface area contributed by atoms with E-state index in [4.69, 9.17) is 23.2 Å². The summed E-state index contributed by atoms with van der Waals surface area (Å²) in [7, 11) is 0. The number of piperazine rings is 1. The zero-order valence-corrected chi connectivity index (χ0v) is 19.8. The van der Waals surface area contributed by atoms with Gasteiger partial charge in [0.25, 0.3) is 5.91 Å². The zero-order chi connectivity index (χ0) is 25.4. The Kier molecular flexibility index (Phi) is 7.10. The Morgan fingerprint density at radius 3 is 1.91 bits per heavy atom. The topological polar surface area (TPSA) is 35.6 Å². The predicted molar refractivity (Wildman–Crippen MR) is 126 cm³/mol. The highest BCUT2D eigenvalue weighted by atomic mass is 35.5. The second-order valence-corrected chi connectivity index (χ2v) is 8.81. The molecule has 3 aromatic carbocycles. The van der Waals surface area contributed by atoms with E-state index in [0.29, 0.717) is 27.0 Å². The minimum absolute atomic E-state index is 0.000901.